The molecule has 0 saturated carbocycles. The van der Waals surface area contributed by atoms with Gasteiger partial charge in [-0.05, 0) is 30.5 Å². The Kier molecular flexibility index (Phi) is 7.80. The summed E-state index contributed by atoms with van der Waals surface area (Å²) >= 11 is 0. The van der Waals surface area contributed by atoms with E-state index in [0.29, 0.717) is 23.2 Å². The Balaban J connectivity index is 0.00000264. The van der Waals surface area contributed by atoms with Gasteiger partial charge >= 0.3 is 0 Å². The molecule has 0 aliphatic rings. The van der Waals surface area contributed by atoms with E-state index in [-0.39, 0.29) is 32.7 Å². The SMILES string of the molecule is Cc1cccc(C)c1CC(=O)C[N+](C)(C)Cc1ccccc1.[Y]. The smallest absolute Gasteiger partial charge is 0.191 e. The first-order valence-electron chi connectivity index (χ1n) is 7.80. The zero-order chi connectivity index (χ0) is 16.2. The number of Topliss-reactive ketones (excluding diaryl/α,β-unsaturated/α-hetero) is 1. The average Bonchev–Trinajstić information content (AvgIpc) is 2.43. The Hall–Kier alpha value is -0.826. The molecule has 3 heteroatoms. The number of aryl methyl sites for hydroxylation is 2. The Morgan fingerprint density at radius 3 is 2.04 bits per heavy atom. The van der Waals surface area contributed by atoms with Crippen LogP contribution in [-0.2, 0) is 50.5 Å². The van der Waals surface area contributed by atoms with Gasteiger partial charge in [0.05, 0.1) is 14.1 Å². The van der Waals surface area contributed by atoms with Gasteiger partial charge in [-0.1, -0.05) is 48.5 Å². The van der Waals surface area contributed by atoms with E-state index in [9.17, 15) is 4.79 Å². The Morgan fingerprint density at radius 2 is 1.48 bits per heavy atom. The first-order chi connectivity index (χ1) is 10.4. The van der Waals surface area contributed by atoms with Crippen LogP contribution in [0.3, 0.4) is 0 Å². The van der Waals surface area contributed by atoms with Crippen LogP contribution >= 0.6 is 0 Å². The standard InChI is InChI=1S/C20H26NO.Y/c1-16-9-8-10-17(2)20(16)13-19(22)15-21(3,4)14-18-11-6-5-7-12-18;/h5-12H,13-15H2,1-4H3;/q+1;. The zero-order valence-corrected chi connectivity index (χ0v) is 17.5. The van der Waals surface area contributed by atoms with Gasteiger partial charge in [0.1, 0.15) is 13.1 Å². The van der Waals surface area contributed by atoms with Gasteiger partial charge in [0, 0.05) is 44.7 Å². The fourth-order valence-electron chi connectivity index (χ4n) is 2.99. The van der Waals surface area contributed by atoms with Gasteiger partial charge in [-0.3, -0.25) is 4.79 Å². The van der Waals surface area contributed by atoms with Crippen molar-refractivity contribution in [3.8, 4) is 0 Å². The molecule has 0 aromatic heterocycles. The molecule has 0 saturated heterocycles. The molecule has 119 valence electrons. The van der Waals surface area contributed by atoms with Crippen LogP contribution in [0.15, 0.2) is 48.5 Å². The molecule has 0 unspecified atom stereocenters. The summed E-state index contributed by atoms with van der Waals surface area (Å²) in [6.07, 6.45) is 0.537. The van der Waals surface area contributed by atoms with Crippen LogP contribution in [0.25, 0.3) is 0 Å². The zero-order valence-electron chi connectivity index (χ0n) is 14.7. The number of carbonyl (C=O) groups is 1. The maximum absolute atomic E-state index is 12.5. The molecule has 2 nitrogen and oxygen atoms in total. The van der Waals surface area contributed by atoms with Crippen LogP contribution in [0.5, 0.6) is 0 Å². The molecule has 0 aliphatic carbocycles. The maximum atomic E-state index is 12.5. The minimum absolute atomic E-state index is 0. The van der Waals surface area contributed by atoms with E-state index in [2.05, 4.69) is 52.2 Å². The van der Waals surface area contributed by atoms with Crippen LogP contribution in [-0.4, -0.2) is 30.9 Å². The second-order valence-electron chi connectivity index (χ2n) is 6.82. The van der Waals surface area contributed by atoms with E-state index in [0.717, 1.165) is 6.54 Å². The summed E-state index contributed by atoms with van der Waals surface area (Å²) in [6.45, 7) is 5.60. The van der Waals surface area contributed by atoms with E-state index in [1.807, 2.05) is 24.3 Å². The fraction of sp³-hybridized carbons (Fsp3) is 0.350. The topological polar surface area (TPSA) is 17.1 Å². The molecule has 23 heavy (non-hydrogen) atoms. The van der Waals surface area contributed by atoms with Crippen molar-refractivity contribution in [3.05, 3.63) is 70.8 Å². The second kappa shape index (κ2) is 8.87. The van der Waals surface area contributed by atoms with Crippen LogP contribution in [0, 0.1) is 13.8 Å². The van der Waals surface area contributed by atoms with E-state index in [1.165, 1.54) is 22.3 Å². The average molecular weight is 385 g/mol. The summed E-state index contributed by atoms with van der Waals surface area (Å²) in [4.78, 5) is 12.5. The van der Waals surface area contributed by atoms with Crippen LogP contribution in [0.4, 0.5) is 0 Å². The molecule has 0 atom stereocenters. The van der Waals surface area contributed by atoms with E-state index >= 15 is 0 Å². The Bertz CT molecular complexity index is 630. The third kappa shape index (κ3) is 6.29. The van der Waals surface area contributed by atoms with Gasteiger partial charge < -0.3 is 4.48 Å². The van der Waals surface area contributed by atoms with Crippen molar-refractivity contribution in [2.75, 3.05) is 20.6 Å². The number of likely N-dealkylation sites (N-methyl/N-ethyl adjacent to an activating group) is 1. The number of hydrogen-bond acceptors (Lipinski definition) is 1. The van der Waals surface area contributed by atoms with Gasteiger partial charge in [0.15, 0.2) is 5.78 Å². The van der Waals surface area contributed by atoms with Crippen molar-refractivity contribution in [2.24, 2.45) is 0 Å². The van der Waals surface area contributed by atoms with Gasteiger partial charge in [0.2, 0.25) is 0 Å². The molecule has 0 spiro atoms. The van der Waals surface area contributed by atoms with Gasteiger partial charge in [-0.2, -0.15) is 0 Å². The van der Waals surface area contributed by atoms with Gasteiger partial charge in [-0.25, -0.2) is 0 Å². The molecule has 0 bridgehead atoms. The number of benzene rings is 2. The third-order valence-electron chi connectivity index (χ3n) is 4.08. The number of rotatable bonds is 6. The molecular formula is C20H26NOY+. The minimum Gasteiger partial charge on any atom is -0.319 e. The van der Waals surface area contributed by atoms with Crippen molar-refractivity contribution < 1.29 is 42.0 Å². The summed E-state index contributed by atoms with van der Waals surface area (Å²) in [7, 11) is 4.24. The van der Waals surface area contributed by atoms with Crippen molar-refractivity contribution in [3.63, 3.8) is 0 Å². The second-order valence-corrected chi connectivity index (χ2v) is 6.82. The number of quaternary nitrogens is 1. The third-order valence-corrected chi connectivity index (χ3v) is 4.08. The molecule has 0 aliphatic heterocycles. The summed E-state index contributed by atoms with van der Waals surface area (Å²) < 4.78 is 0.688. The van der Waals surface area contributed by atoms with Crippen molar-refractivity contribution in [2.45, 2.75) is 26.8 Å². The first-order valence-corrected chi connectivity index (χ1v) is 7.80. The van der Waals surface area contributed by atoms with Crippen molar-refractivity contribution >= 4 is 5.78 Å². The summed E-state index contributed by atoms with van der Waals surface area (Å²) in [5.41, 5.74) is 4.88. The normalized spacial score (nSPS) is 11.0. The number of carbonyl (C=O) groups excluding carboxylic acids is 1. The summed E-state index contributed by atoms with van der Waals surface area (Å²) in [5.74, 6) is 0.304. The molecule has 0 heterocycles. The molecule has 2 aromatic carbocycles. The largest absolute Gasteiger partial charge is 0.319 e. The molecule has 0 N–H and O–H groups in total. The van der Waals surface area contributed by atoms with Gasteiger partial charge in [-0.15, -0.1) is 0 Å². The minimum atomic E-state index is 0. The van der Waals surface area contributed by atoms with Gasteiger partial charge in [0.25, 0.3) is 0 Å². The monoisotopic (exact) mass is 385 g/mol. The van der Waals surface area contributed by atoms with Crippen LogP contribution in [0.2, 0.25) is 0 Å². The summed E-state index contributed by atoms with van der Waals surface area (Å²) in [5, 5.41) is 0. The number of hydrogen-bond donors (Lipinski definition) is 0. The first kappa shape index (κ1) is 20.2. The molecule has 0 fully saturated rings. The van der Waals surface area contributed by atoms with Crippen LogP contribution in [0.1, 0.15) is 22.3 Å². The fourth-order valence-corrected chi connectivity index (χ4v) is 2.99. The summed E-state index contributed by atoms with van der Waals surface area (Å²) in [6, 6.07) is 16.6. The molecule has 2 rings (SSSR count). The molecular weight excluding hydrogens is 359 g/mol. The number of nitrogens with zero attached hydrogens (tertiary/aromatic N) is 1. The quantitative estimate of drug-likeness (QED) is 0.694. The molecule has 2 aromatic rings. The van der Waals surface area contributed by atoms with E-state index in [1.54, 1.807) is 0 Å². The van der Waals surface area contributed by atoms with Crippen molar-refractivity contribution in [1.29, 1.82) is 0 Å². The van der Waals surface area contributed by atoms with E-state index < -0.39 is 0 Å². The Labute approximate surface area is 165 Å². The van der Waals surface area contributed by atoms with E-state index in [4.69, 9.17) is 0 Å². The van der Waals surface area contributed by atoms with Crippen molar-refractivity contribution in [1.82, 2.24) is 0 Å². The predicted octanol–water partition coefficient (Wildman–Crippen LogP) is 3.69. The Morgan fingerprint density at radius 1 is 0.913 bits per heavy atom. The molecule has 0 amide bonds. The molecule has 1 radical (unpaired) electrons. The number of ketones is 1. The maximum Gasteiger partial charge on any atom is 0.191 e. The van der Waals surface area contributed by atoms with Crippen LogP contribution < -0.4 is 0 Å². The predicted molar refractivity (Wildman–Crippen MR) is 91.7 cm³/mol.